The van der Waals surface area contributed by atoms with E-state index in [1.165, 1.54) is 0 Å². The number of anilines is 1. The molecule has 0 amide bonds. The number of morpholine rings is 1. The fourth-order valence-corrected chi connectivity index (χ4v) is 2.50. The summed E-state index contributed by atoms with van der Waals surface area (Å²) in [5.74, 6) is 0.157. The van der Waals surface area contributed by atoms with Crippen molar-refractivity contribution in [3.05, 3.63) is 51.4 Å². The average Bonchev–Trinajstić information content (AvgIpc) is 2.95. The quantitative estimate of drug-likeness (QED) is 0.637. The lowest BCUT2D eigenvalue weighted by Gasteiger charge is -2.28. The number of aromatic nitrogens is 1. The summed E-state index contributed by atoms with van der Waals surface area (Å²) in [6.07, 6.45) is 3.35. The number of aryl methyl sites for hydroxylation is 1. The highest BCUT2D eigenvalue weighted by Crippen LogP contribution is 2.25. The van der Waals surface area contributed by atoms with E-state index in [0.29, 0.717) is 0 Å². The van der Waals surface area contributed by atoms with Gasteiger partial charge < -0.3 is 14.2 Å². The van der Waals surface area contributed by atoms with Gasteiger partial charge in [0.15, 0.2) is 5.69 Å². The van der Waals surface area contributed by atoms with E-state index in [9.17, 15) is 10.1 Å². The lowest BCUT2D eigenvalue weighted by atomic mass is 10.1. The van der Waals surface area contributed by atoms with Crippen LogP contribution in [0, 0.1) is 17.0 Å². The maximum Gasteiger partial charge on any atom is 0.338 e. The lowest BCUT2D eigenvalue weighted by molar-refractivity contribution is -0.386. The van der Waals surface area contributed by atoms with Crippen LogP contribution in [0.5, 0.6) is 0 Å². The zero-order valence-electron chi connectivity index (χ0n) is 12.8. The molecule has 1 saturated heterocycles. The second-order valence-corrected chi connectivity index (χ2v) is 5.26. The first-order valence-corrected chi connectivity index (χ1v) is 7.36. The van der Waals surface area contributed by atoms with E-state index in [-0.39, 0.29) is 17.1 Å². The minimum absolute atomic E-state index is 0.0915. The van der Waals surface area contributed by atoms with Gasteiger partial charge in [-0.1, -0.05) is 23.4 Å². The van der Waals surface area contributed by atoms with Crippen molar-refractivity contribution in [2.75, 3.05) is 31.2 Å². The molecule has 7 nitrogen and oxygen atoms in total. The van der Waals surface area contributed by atoms with Gasteiger partial charge >= 0.3 is 5.69 Å². The van der Waals surface area contributed by atoms with E-state index in [4.69, 9.17) is 9.26 Å². The fraction of sp³-hybridized carbons (Fsp3) is 0.312. The Morgan fingerprint density at radius 1 is 1.22 bits per heavy atom. The Bertz CT molecular complexity index is 715. The van der Waals surface area contributed by atoms with Gasteiger partial charge in [0.05, 0.1) is 18.1 Å². The topological polar surface area (TPSA) is 81.6 Å². The van der Waals surface area contributed by atoms with Gasteiger partial charge in [-0.3, -0.25) is 10.1 Å². The standard InChI is InChI=1S/C16H17N3O4/c1-12-16(19(20)21)15(23-17-12)7-4-13-2-5-14(6-3-13)18-8-10-22-11-9-18/h2-7H,8-11H2,1H3. The first kappa shape index (κ1) is 15.2. The highest BCUT2D eigenvalue weighted by atomic mass is 16.6. The summed E-state index contributed by atoms with van der Waals surface area (Å²) in [5, 5.41) is 14.6. The molecule has 120 valence electrons. The van der Waals surface area contributed by atoms with Crippen LogP contribution in [0.2, 0.25) is 0 Å². The summed E-state index contributed by atoms with van der Waals surface area (Å²) in [5.41, 5.74) is 2.26. The van der Waals surface area contributed by atoms with Crippen molar-refractivity contribution >= 4 is 23.5 Å². The molecule has 1 aliphatic rings. The lowest BCUT2D eigenvalue weighted by Crippen LogP contribution is -2.36. The van der Waals surface area contributed by atoms with Gasteiger partial charge in [0.25, 0.3) is 0 Å². The van der Waals surface area contributed by atoms with Crippen LogP contribution in [0.3, 0.4) is 0 Å². The van der Waals surface area contributed by atoms with Crippen molar-refractivity contribution in [1.82, 2.24) is 5.16 Å². The summed E-state index contributed by atoms with van der Waals surface area (Å²) in [4.78, 5) is 12.8. The number of benzene rings is 1. The second kappa shape index (κ2) is 6.62. The van der Waals surface area contributed by atoms with Crippen molar-refractivity contribution in [3.63, 3.8) is 0 Å². The van der Waals surface area contributed by atoms with Crippen LogP contribution in [0.4, 0.5) is 11.4 Å². The maximum absolute atomic E-state index is 11.0. The SMILES string of the molecule is Cc1noc(C=Cc2ccc(N3CCOCC3)cc2)c1[N+](=O)[O-]. The van der Waals surface area contributed by atoms with E-state index in [1.54, 1.807) is 19.1 Å². The Kier molecular flexibility index (Phi) is 4.38. The molecule has 0 spiro atoms. The number of hydrogen-bond donors (Lipinski definition) is 0. The molecule has 0 N–H and O–H groups in total. The summed E-state index contributed by atoms with van der Waals surface area (Å²) in [6.45, 7) is 4.82. The monoisotopic (exact) mass is 315 g/mol. The van der Waals surface area contributed by atoms with E-state index in [0.717, 1.165) is 37.6 Å². The highest BCUT2D eigenvalue weighted by molar-refractivity contribution is 5.72. The Hall–Kier alpha value is -2.67. The largest absolute Gasteiger partial charge is 0.378 e. The predicted octanol–water partition coefficient (Wildman–Crippen LogP) is 2.90. The third-order valence-electron chi connectivity index (χ3n) is 3.74. The number of nitro groups is 1. The van der Waals surface area contributed by atoms with E-state index in [2.05, 4.69) is 10.1 Å². The van der Waals surface area contributed by atoms with Gasteiger partial charge in [0.1, 0.15) is 0 Å². The minimum Gasteiger partial charge on any atom is -0.378 e. The molecule has 1 aliphatic heterocycles. The van der Waals surface area contributed by atoms with Gasteiger partial charge in [-0.2, -0.15) is 0 Å². The first-order valence-electron chi connectivity index (χ1n) is 7.36. The third kappa shape index (κ3) is 3.40. The van der Waals surface area contributed by atoms with Gasteiger partial charge in [0.2, 0.25) is 5.76 Å². The van der Waals surface area contributed by atoms with Crippen molar-refractivity contribution < 1.29 is 14.2 Å². The van der Waals surface area contributed by atoms with Crippen molar-refractivity contribution in [1.29, 1.82) is 0 Å². The molecule has 0 atom stereocenters. The van der Waals surface area contributed by atoms with Gasteiger partial charge in [-0.25, -0.2) is 0 Å². The number of rotatable bonds is 4. The van der Waals surface area contributed by atoms with Crippen LogP contribution in [-0.4, -0.2) is 36.4 Å². The number of nitrogens with zero attached hydrogens (tertiary/aromatic N) is 3. The van der Waals surface area contributed by atoms with Crippen LogP contribution < -0.4 is 4.90 Å². The third-order valence-corrected chi connectivity index (χ3v) is 3.74. The molecule has 1 aromatic carbocycles. The molecule has 2 aromatic rings. The Morgan fingerprint density at radius 3 is 2.57 bits per heavy atom. The number of ether oxygens (including phenoxy) is 1. The Morgan fingerprint density at radius 2 is 1.91 bits per heavy atom. The molecule has 3 rings (SSSR count). The molecule has 0 radical (unpaired) electrons. The second-order valence-electron chi connectivity index (χ2n) is 5.26. The van der Waals surface area contributed by atoms with Gasteiger partial charge in [-0.05, 0) is 30.7 Å². The summed E-state index contributed by atoms with van der Waals surface area (Å²) < 4.78 is 10.3. The van der Waals surface area contributed by atoms with E-state index < -0.39 is 4.92 Å². The van der Waals surface area contributed by atoms with E-state index >= 15 is 0 Å². The fourth-order valence-electron chi connectivity index (χ4n) is 2.50. The highest BCUT2D eigenvalue weighted by Gasteiger charge is 2.21. The van der Waals surface area contributed by atoms with Crippen molar-refractivity contribution in [2.24, 2.45) is 0 Å². The van der Waals surface area contributed by atoms with Crippen molar-refractivity contribution in [2.45, 2.75) is 6.92 Å². The number of hydrogen-bond acceptors (Lipinski definition) is 6. The van der Waals surface area contributed by atoms with E-state index in [1.807, 2.05) is 24.3 Å². The van der Waals surface area contributed by atoms with Crippen molar-refractivity contribution in [3.8, 4) is 0 Å². The predicted molar refractivity (Wildman–Crippen MR) is 86.3 cm³/mol. The van der Waals surface area contributed by atoms with Crippen LogP contribution in [0.25, 0.3) is 12.2 Å². The summed E-state index contributed by atoms with van der Waals surface area (Å²) >= 11 is 0. The van der Waals surface area contributed by atoms with Crippen LogP contribution in [-0.2, 0) is 4.74 Å². The molecule has 0 bridgehead atoms. The average molecular weight is 315 g/mol. The molecular weight excluding hydrogens is 298 g/mol. The molecule has 0 unspecified atom stereocenters. The molecule has 7 heteroatoms. The zero-order valence-corrected chi connectivity index (χ0v) is 12.8. The molecule has 0 saturated carbocycles. The first-order chi connectivity index (χ1) is 11.1. The Balaban J connectivity index is 1.74. The van der Waals surface area contributed by atoms with Crippen LogP contribution in [0.15, 0.2) is 28.8 Å². The zero-order chi connectivity index (χ0) is 16.2. The van der Waals surface area contributed by atoms with Gasteiger partial charge in [-0.15, -0.1) is 0 Å². The molecule has 0 aliphatic carbocycles. The summed E-state index contributed by atoms with van der Waals surface area (Å²) in [6, 6.07) is 8.00. The maximum atomic E-state index is 11.0. The van der Waals surface area contributed by atoms with Crippen LogP contribution >= 0.6 is 0 Å². The molecule has 1 aromatic heterocycles. The Labute approximate surface area is 133 Å². The summed E-state index contributed by atoms with van der Waals surface area (Å²) in [7, 11) is 0. The normalized spacial score (nSPS) is 15.3. The van der Waals surface area contributed by atoms with Crippen LogP contribution in [0.1, 0.15) is 17.0 Å². The minimum atomic E-state index is -0.479. The van der Waals surface area contributed by atoms with Gasteiger partial charge in [0, 0.05) is 18.8 Å². The molecular formula is C16H17N3O4. The molecule has 2 heterocycles. The molecule has 1 fully saturated rings. The smallest absolute Gasteiger partial charge is 0.338 e. The molecule has 23 heavy (non-hydrogen) atoms.